The lowest BCUT2D eigenvalue weighted by molar-refractivity contribution is -0.274. The van der Waals surface area contributed by atoms with Gasteiger partial charge in [0.1, 0.15) is 5.75 Å². The van der Waals surface area contributed by atoms with E-state index in [1.807, 2.05) is 0 Å². The number of halogens is 3. The van der Waals surface area contributed by atoms with Crippen molar-refractivity contribution in [2.75, 3.05) is 20.3 Å². The summed E-state index contributed by atoms with van der Waals surface area (Å²) >= 11 is 0. The molecule has 1 aromatic carbocycles. The van der Waals surface area contributed by atoms with Crippen molar-refractivity contribution in [3.63, 3.8) is 0 Å². The molecular formula is C16H18F3NO5. The Labute approximate surface area is 142 Å². The van der Waals surface area contributed by atoms with E-state index in [1.54, 1.807) is 0 Å². The van der Waals surface area contributed by atoms with Gasteiger partial charge in [-0.1, -0.05) is 12.1 Å². The molecule has 1 atom stereocenters. The van der Waals surface area contributed by atoms with Crippen LogP contribution in [0.25, 0.3) is 6.08 Å². The van der Waals surface area contributed by atoms with Crippen molar-refractivity contribution in [1.82, 2.24) is 5.32 Å². The number of alkyl halides is 3. The van der Waals surface area contributed by atoms with Gasteiger partial charge in [0, 0.05) is 19.7 Å². The van der Waals surface area contributed by atoms with E-state index in [0.717, 1.165) is 18.2 Å². The molecule has 1 amide bonds. The van der Waals surface area contributed by atoms with E-state index in [0.29, 0.717) is 18.7 Å². The molecule has 0 aliphatic heterocycles. The zero-order chi connectivity index (χ0) is 18.9. The Bertz CT molecular complexity index is 599. The number of methoxy groups -OCH3 is 1. The van der Waals surface area contributed by atoms with Crippen LogP contribution in [0.3, 0.4) is 0 Å². The molecule has 1 N–H and O–H groups in total. The summed E-state index contributed by atoms with van der Waals surface area (Å²) in [5.74, 6) is -1.59. The second kappa shape index (κ2) is 9.67. The van der Waals surface area contributed by atoms with Gasteiger partial charge in [-0.15, -0.1) is 13.2 Å². The molecule has 1 rings (SSSR count). The molecule has 0 unspecified atom stereocenters. The maximum atomic E-state index is 12.0. The normalized spacial score (nSPS) is 12.7. The molecule has 0 heterocycles. The quantitative estimate of drug-likeness (QED) is 0.437. The molecule has 0 radical (unpaired) electrons. The van der Waals surface area contributed by atoms with Crippen LogP contribution in [0.5, 0.6) is 5.75 Å². The molecule has 0 spiro atoms. The first-order chi connectivity index (χ1) is 11.7. The zero-order valence-electron chi connectivity index (χ0n) is 13.6. The highest BCUT2D eigenvalue weighted by atomic mass is 19.4. The van der Waals surface area contributed by atoms with E-state index < -0.39 is 24.3 Å². The summed E-state index contributed by atoms with van der Waals surface area (Å²) in [4.78, 5) is 23.2. The topological polar surface area (TPSA) is 73.9 Å². The summed E-state index contributed by atoms with van der Waals surface area (Å²) in [5.41, 5.74) is 0.462. The van der Waals surface area contributed by atoms with E-state index in [2.05, 4.69) is 10.1 Å². The van der Waals surface area contributed by atoms with E-state index in [1.165, 1.54) is 32.2 Å². The predicted octanol–water partition coefficient (Wildman–Crippen LogP) is 2.29. The number of rotatable bonds is 8. The fourth-order valence-corrected chi connectivity index (χ4v) is 1.63. The number of ether oxygens (including phenoxy) is 3. The summed E-state index contributed by atoms with van der Waals surface area (Å²) in [6.45, 7) is 2.04. The van der Waals surface area contributed by atoms with Crippen LogP contribution in [0, 0.1) is 0 Å². The molecule has 6 nitrogen and oxygen atoms in total. The first-order valence-electron chi connectivity index (χ1n) is 7.22. The predicted molar refractivity (Wildman–Crippen MR) is 82.6 cm³/mol. The smallest absolute Gasteiger partial charge is 0.449 e. The summed E-state index contributed by atoms with van der Waals surface area (Å²) in [5, 5.41) is 2.52. The number of carbonyl (C=O) groups is 2. The molecule has 138 valence electrons. The van der Waals surface area contributed by atoms with Crippen molar-refractivity contribution in [2.45, 2.75) is 19.4 Å². The molecule has 0 aliphatic rings. The lowest BCUT2D eigenvalue weighted by Gasteiger charge is -2.12. The Balaban J connectivity index is 2.49. The lowest BCUT2D eigenvalue weighted by atomic mass is 10.2. The average molecular weight is 361 g/mol. The largest absolute Gasteiger partial charge is 0.573 e. The molecule has 0 saturated carbocycles. The van der Waals surface area contributed by atoms with Crippen LogP contribution < -0.4 is 10.1 Å². The standard InChI is InChI=1S/C16H18F3NO5/c1-11(15(22)20-9-10-23-2)24-14(21)8-5-12-3-6-13(7-4-12)25-16(17,18)19/h3-8,11H,9-10H2,1-2H3,(H,20,22)/b8-5+/t11-/m1/s1. The van der Waals surface area contributed by atoms with Crippen molar-refractivity contribution in [3.05, 3.63) is 35.9 Å². The van der Waals surface area contributed by atoms with Gasteiger partial charge in [0.2, 0.25) is 0 Å². The Morgan fingerprint density at radius 3 is 2.44 bits per heavy atom. The zero-order valence-corrected chi connectivity index (χ0v) is 13.6. The molecule has 0 fully saturated rings. The Morgan fingerprint density at radius 2 is 1.88 bits per heavy atom. The van der Waals surface area contributed by atoms with Crippen molar-refractivity contribution in [3.8, 4) is 5.75 Å². The van der Waals surface area contributed by atoms with Gasteiger partial charge in [0.05, 0.1) is 6.61 Å². The van der Waals surface area contributed by atoms with E-state index in [4.69, 9.17) is 9.47 Å². The van der Waals surface area contributed by atoms with Crippen LogP contribution in [0.4, 0.5) is 13.2 Å². The van der Waals surface area contributed by atoms with Crippen molar-refractivity contribution >= 4 is 18.0 Å². The molecule has 0 aliphatic carbocycles. The van der Waals surface area contributed by atoms with Gasteiger partial charge in [-0.3, -0.25) is 4.79 Å². The van der Waals surface area contributed by atoms with Crippen molar-refractivity contribution in [2.24, 2.45) is 0 Å². The third-order valence-corrected chi connectivity index (χ3v) is 2.79. The van der Waals surface area contributed by atoms with E-state index in [-0.39, 0.29) is 5.75 Å². The van der Waals surface area contributed by atoms with Gasteiger partial charge in [0.15, 0.2) is 6.10 Å². The fraction of sp³-hybridized carbons (Fsp3) is 0.375. The van der Waals surface area contributed by atoms with Crippen LogP contribution in [0.15, 0.2) is 30.3 Å². The van der Waals surface area contributed by atoms with Crippen LogP contribution in [-0.2, 0) is 19.1 Å². The highest BCUT2D eigenvalue weighted by molar-refractivity contribution is 5.90. The highest BCUT2D eigenvalue weighted by Crippen LogP contribution is 2.22. The molecular weight excluding hydrogens is 343 g/mol. The number of benzene rings is 1. The molecule has 0 aromatic heterocycles. The van der Waals surface area contributed by atoms with Crippen LogP contribution in [0.1, 0.15) is 12.5 Å². The molecule has 0 saturated heterocycles. The minimum atomic E-state index is -4.76. The summed E-state index contributed by atoms with van der Waals surface area (Å²) in [7, 11) is 1.49. The SMILES string of the molecule is COCCNC(=O)[C@@H](C)OC(=O)/C=C/c1ccc(OC(F)(F)F)cc1. The van der Waals surface area contributed by atoms with Crippen LogP contribution in [-0.4, -0.2) is 44.6 Å². The maximum absolute atomic E-state index is 12.0. The number of hydrogen-bond acceptors (Lipinski definition) is 5. The third-order valence-electron chi connectivity index (χ3n) is 2.79. The van der Waals surface area contributed by atoms with Gasteiger partial charge in [-0.25, -0.2) is 4.79 Å². The second-order valence-electron chi connectivity index (χ2n) is 4.81. The summed E-state index contributed by atoms with van der Waals surface area (Å²) < 4.78 is 49.5. The Morgan fingerprint density at radius 1 is 1.24 bits per heavy atom. The Hall–Kier alpha value is -2.55. The van der Waals surface area contributed by atoms with Crippen molar-refractivity contribution in [1.29, 1.82) is 0 Å². The monoisotopic (exact) mass is 361 g/mol. The number of carbonyl (C=O) groups excluding carboxylic acids is 2. The van der Waals surface area contributed by atoms with E-state index in [9.17, 15) is 22.8 Å². The van der Waals surface area contributed by atoms with E-state index >= 15 is 0 Å². The Kier molecular flexibility index (Phi) is 7.93. The number of hydrogen-bond donors (Lipinski definition) is 1. The van der Waals surface area contributed by atoms with Gasteiger partial charge >= 0.3 is 12.3 Å². The van der Waals surface area contributed by atoms with Crippen LogP contribution >= 0.6 is 0 Å². The number of esters is 1. The number of amides is 1. The highest BCUT2D eigenvalue weighted by Gasteiger charge is 2.30. The maximum Gasteiger partial charge on any atom is 0.573 e. The molecule has 0 bridgehead atoms. The summed E-state index contributed by atoms with van der Waals surface area (Å²) in [6.07, 6.45) is -3.34. The van der Waals surface area contributed by atoms with Crippen LogP contribution in [0.2, 0.25) is 0 Å². The first kappa shape index (κ1) is 20.5. The molecule has 25 heavy (non-hydrogen) atoms. The van der Waals surface area contributed by atoms with Gasteiger partial charge in [0.25, 0.3) is 5.91 Å². The summed E-state index contributed by atoms with van der Waals surface area (Å²) in [6, 6.07) is 4.91. The fourth-order valence-electron chi connectivity index (χ4n) is 1.63. The van der Waals surface area contributed by atoms with Gasteiger partial charge < -0.3 is 19.5 Å². The average Bonchev–Trinajstić information content (AvgIpc) is 2.53. The van der Waals surface area contributed by atoms with Gasteiger partial charge in [-0.2, -0.15) is 0 Å². The lowest BCUT2D eigenvalue weighted by Crippen LogP contribution is -2.37. The van der Waals surface area contributed by atoms with Gasteiger partial charge in [-0.05, 0) is 30.7 Å². The first-order valence-corrected chi connectivity index (χ1v) is 7.22. The third kappa shape index (κ3) is 8.75. The molecule has 1 aromatic rings. The minimum absolute atomic E-state index is 0.291. The molecule has 9 heteroatoms. The number of nitrogens with one attached hydrogen (secondary N) is 1. The second-order valence-corrected chi connectivity index (χ2v) is 4.81. The minimum Gasteiger partial charge on any atom is -0.449 e. The van der Waals surface area contributed by atoms with Crippen molar-refractivity contribution < 1.29 is 37.0 Å².